The van der Waals surface area contributed by atoms with Gasteiger partial charge in [-0.2, -0.15) is 0 Å². The summed E-state index contributed by atoms with van der Waals surface area (Å²) < 4.78 is 0.951. The number of likely N-dealkylation sites (tertiary alicyclic amines) is 1. The summed E-state index contributed by atoms with van der Waals surface area (Å²) in [7, 11) is 0. The van der Waals surface area contributed by atoms with Crippen molar-refractivity contribution in [3.63, 3.8) is 0 Å². The maximum atomic E-state index is 12.8. The first-order chi connectivity index (χ1) is 10.0. The standard InChI is InChI=1S/C16H17BrN2O2/c1-10-8-14(13-3-2-11(17)9-15(13)18-10)16(21)19-6-4-12(20)5-7-19/h2-3,8-9,12,20H,4-7H2,1H3. The van der Waals surface area contributed by atoms with E-state index in [9.17, 15) is 9.90 Å². The Morgan fingerprint density at radius 2 is 2.05 bits per heavy atom. The molecular weight excluding hydrogens is 332 g/mol. The second-order valence-corrected chi connectivity index (χ2v) is 6.41. The Labute approximate surface area is 131 Å². The van der Waals surface area contributed by atoms with Gasteiger partial charge in [0, 0.05) is 28.6 Å². The summed E-state index contributed by atoms with van der Waals surface area (Å²) in [4.78, 5) is 19.1. The normalized spacial score (nSPS) is 16.4. The lowest BCUT2D eigenvalue weighted by molar-refractivity contribution is 0.0548. The molecule has 3 rings (SSSR count). The van der Waals surface area contributed by atoms with Crippen molar-refractivity contribution in [1.29, 1.82) is 0 Å². The highest BCUT2D eigenvalue weighted by Gasteiger charge is 2.24. The molecule has 0 unspecified atom stereocenters. The lowest BCUT2D eigenvalue weighted by atomic mass is 10.0. The lowest BCUT2D eigenvalue weighted by Gasteiger charge is -2.30. The highest BCUT2D eigenvalue weighted by atomic mass is 79.9. The molecule has 1 amide bonds. The van der Waals surface area contributed by atoms with E-state index in [0.29, 0.717) is 31.5 Å². The van der Waals surface area contributed by atoms with E-state index in [1.54, 1.807) is 0 Å². The van der Waals surface area contributed by atoms with E-state index in [1.807, 2.05) is 36.1 Å². The molecule has 2 aromatic rings. The molecule has 110 valence electrons. The fourth-order valence-electron chi connectivity index (χ4n) is 2.75. The van der Waals surface area contributed by atoms with Crippen molar-refractivity contribution in [2.24, 2.45) is 0 Å². The fraction of sp³-hybridized carbons (Fsp3) is 0.375. The average Bonchev–Trinajstić information content (AvgIpc) is 2.46. The number of rotatable bonds is 1. The molecular formula is C16H17BrN2O2. The molecule has 21 heavy (non-hydrogen) atoms. The summed E-state index contributed by atoms with van der Waals surface area (Å²) in [5.74, 6) is 0.0275. The van der Waals surface area contributed by atoms with Crippen molar-refractivity contribution in [2.75, 3.05) is 13.1 Å². The van der Waals surface area contributed by atoms with Crippen molar-refractivity contribution in [3.8, 4) is 0 Å². The molecule has 1 saturated heterocycles. The van der Waals surface area contributed by atoms with E-state index in [4.69, 9.17) is 0 Å². The number of carbonyl (C=O) groups excluding carboxylic acids is 1. The number of pyridine rings is 1. The number of piperidine rings is 1. The van der Waals surface area contributed by atoms with Crippen molar-refractivity contribution in [2.45, 2.75) is 25.9 Å². The van der Waals surface area contributed by atoms with Gasteiger partial charge in [-0.1, -0.05) is 22.0 Å². The number of carbonyl (C=O) groups is 1. The minimum absolute atomic E-state index is 0.0275. The Bertz CT molecular complexity index is 689. The van der Waals surface area contributed by atoms with E-state index in [2.05, 4.69) is 20.9 Å². The van der Waals surface area contributed by atoms with Crippen LogP contribution in [0.3, 0.4) is 0 Å². The molecule has 1 fully saturated rings. The highest BCUT2D eigenvalue weighted by Crippen LogP contribution is 2.24. The number of fused-ring (bicyclic) bond motifs is 1. The highest BCUT2D eigenvalue weighted by molar-refractivity contribution is 9.10. The van der Waals surface area contributed by atoms with Crippen LogP contribution in [0, 0.1) is 6.92 Å². The van der Waals surface area contributed by atoms with Gasteiger partial charge in [0.25, 0.3) is 5.91 Å². The number of aryl methyl sites for hydroxylation is 1. The molecule has 1 aliphatic heterocycles. The Kier molecular flexibility index (Phi) is 3.95. The Morgan fingerprint density at radius 3 is 2.76 bits per heavy atom. The number of aromatic nitrogens is 1. The number of benzene rings is 1. The predicted octanol–water partition coefficient (Wildman–Crippen LogP) is 2.90. The number of hydrogen-bond acceptors (Lipinski definition) is 3. The minimum Gasteiger partial charge on any atom is -0.393 e. The van der Waals surface area contributed by atoms with E-state index in [1.165, 1.54) is 0 Å². The van der Waals surface area contributed by atoms with Crippen LogP contribution in [-0.4, -0.2) is 40.1 Å². The maximum absolute atomic E-state index is 12.8. The number of nitrogens with zero attached hydrogens (tertiary/aromatic N) is 2. The molecule has 5 heteroatoms. The minimum atomic E-state index is -0.277. The fourth-order valence-corrected chi connectivity index (χ4v) is 3.10. The van der Waals surface area contributed by atoms with Gasteiger partial charge in [0.15, 0.2) is 0 Å². The van der Waals surface area contributed by atoms with Crippen molar-refractivity contribution in [1.82, 2.24) is 9.88 Å². The van der Waals surface area contributed by atoms with Crippen molar-refractivity contribution in [3.05, 3.63) is 40.0 Å². The number of amides is 1. The molecule has 1 aliphatic rings. The Morgan fingerprint density at radius 1 is 1.33 bits per heavy atom. The van der Waals surface area contributed by atoms with Gasteiger partial charge in [0.1, 0.15) is 0 Å². The zero-order valence-corrected chi connectivity index (χ0v) is 13.4. The summed E-state index contributed by atoms with van der Waals surface area (Å²) >= 11 is 3.44. The van der Waals surface area contributed by atoms with Crippen LogP contribution >= 0.6 is 15.9 Å². The molecule has 1 N–H and O–H groups in total. The van der Waals surface area contributed by atoms with Gasteiger partial charge in [0.2, 0.25) is 0 Å². The summed E-state index contributed by atoms with van der Waals surface area (Å²) in [6.07, 6.45) is 1.03. The van der Waals surface area contributed by atoms with Gasteiger partial charge in [-0.15, -0.1) is 0 Å². The van der Waals surface area contributed by atoms with Gasteiger partial charge >= 0.3 is 0 Å². The van der Waals surface area contributed by atoms with Crippen LogP contribution in [0.25, 0.3) is 10.9 Å². The topological polar surface area (TPSA) is 53.4 Å². The van der Waals surface area contributed by atoms with Crippen LogP contribution in [0.1, 0.15) is 28.9 Å². The summed E-state index contributed by atoms with van der Waals surface area (Å²) in [6, 6.07) is 7.64. The third-order valence-corrected chi connectivity index (χ3v) is 4.38. The first kappa shape index (κ1) is 14.5. The maximum Gasteiger partial charge on any atom is 0.254 e. The molecule has 0 bridgehead atoms. The average molecular weight is 349 g/mol. The van der Waals surface area contributed by atoms with Gasteiger partial charge in [0.05, 0.1) is 17.2 Å². The molecule has 0 aliphatic carbocycles. The summed E-state index contributed by atoms with van der Waals surface area (Å²) in [6.45, 7) is 3.12. The molecule has 1 aromatic heterocycles. The van der Waals surface area contributed by atoms with E-state index < -0.39 is 0 Å². The number of halogens is 1. The first-order valence-corrected chi connectivity index (χ1v) is 7.88. The van der Waals surface area contributed by atoms with E-state index >= 15 is 0 Å². The zero-order valence-electron chi connectivity index (χ0n) is 11.8. The third-order valence-electron chi connectivity index (χ3n) is 3.88. The molecule has 1 aromatic carbocycles. The summed E-state index contributed by atoms with van der Waals surface area (Å²) in [5.41, 5.74) is 2.35. The lowest BCUT2D eigenvalue weighted by Crippen LogP contribution is -2.40. The third kappa shape index (κ3) is 2.94. The van der Waals surface area contributed by atoms with Crippen LogP contribution in [0.4, 0.5) is 0 Å². The molecule has 2 heterocycles. The van der Waals surface area contributed by atoms with Gasteiger partial charge < -0.3 is 10.0 Å². The Balaban J connectivity index is 2.01. The smallest absolute Gasteiger partial charge is 0.254 e. The second kappa shape index (κ2) is 5.73. The monoisotopic (exact) mass is 348 g/mol. The van der Waals surface area contributed by atoms with Crippen LogP contribution < -0.4 is 0 Å². The van der Waals surface area contributed by atoms with Crippen LogP contribution in [0.2, 0.25) is 0 Å². The van der Waals surface area contributed by atoms with E-state index in [-0.39, 0.29) is 12.0 Å². The molecule has 0 spiro atoms. The molecule has 0 atom stereocenters. The largest absolute Gasteiger partial charge is 0.393 e. The zero-order chi connectivity index (χ0) is 15.0. The van der Waals surface area contributed by atoms with Gasteiger partial charge in [-0.05, 0) is 38.0 Å². The molecule has 0 radical (unpaired) electrons. The van der Waals surface area contributed by atoms with Gasteiger partial charge in [-0.25, -0.2) is 0 Å². The SMILES string of the molecule is Cc1cc(C(=O)N2CCC(O)CC2)c2ccc(Br)cc2n1. The van der Waals surface area contributed by atoms with Crippen LogP contribution in [0.5, 0.6) is 0 Å². The van der Waals surface area contributed by atoms with Crippen LogP contribution in [0.15, 0.2) is 28.7 Å². The predicted molar refractivity (Wildman–Crippen MR) is 85.3 cm³/mol. The summed E-state index contributed by atoms with van der Waals surface area (Å²) in [5, 5.41) is 10.4. The quantitative estimate of drug-likeness (QED) is 0.861. The number of aliphatic hydroxyl groups is 1. The van der Waals surface area contributed by atoms with Crippen molar-refractivity contribution < 1.29 is 9.90 Å². The number of aliphatic hydroxyl groups excluding tert-OH is 1. The Hall–Kier alpha value is -1.46. The molecule has 4 nitrogen and oxygen atoms in total. The van der Waals surface area contributed by atoms with Crippen LogP contribution in [-0.2, 0) is 0 Å². The second-order valence-electron chi connectivity index (χ2n) is 5.50. The molecule has 0 saturated carbocycles. The number of hydrogen-bond donors (Lipinski definition) is 1. The van der Waals surface area contributed by atoms with Gasteiger partial charge in [-0.3, -0.25) is 9.78 Å². The first-order valence-electron chi connectivity index (χ1n) is 7.09. The van der Waals surface area contributed by atoms with E-state index in [0.717, 1.165) is 21.1 Å². The van der Waals surface area contributed by atoms with Crippen molar-refractivity contribution >= 4 is 32.7 Å².